The highest BCUT2D eigenvalue weighted by Gasteiger charge is 2.16. The van der Waals surface area contributed by atoms with Crippen LogP contribution in [0.1, 0.15) is 48.9 Å². The van der Waals surface area contributed by atoms with Crippen LogP contribution in [0.25, 0.3) is 0 Å². The summed E-state index contributed by atoms with van der Waals surface area (Å²) >= 11 is 0. The fourth-order valence-corrected chi connectivity index (χ4v) is 2.64. The van der Waals surface area contributed by atoms with Gasteiger partial charge in [0, 0.05) is 11.6 Å². The second-order valence-corrected chi connectivity index (χ2v) is 5.67. The Kier molecular flexibility index (Phi) is 5.63. The first-order chi connectivity index (χ1) is 10.6. The predicted molar refractivity (Wildman–Crippen MR) is 84.5 cm³/mol. The topological polar surface area (TPSA) is 107 Å². The third-order valence-electron chi connectivity index (χ3n) is 3.84. The highest BCUT2D eigenvalue weighted by molar-refractivity contribution is 5.95. The van der Waals surface area contributed by atoms with Crippen molar-refractivity contribution in [3.63, 3.8) is 0 Å². The minimum absolute atomic E-state index is 0.143. The second kappa shape index (κ2) is 7.68. The zero-order chi connectivity index (χ0) is 15.9. The van der Waals surface area contributed by atoms with E-state index in [-0.39, 0.29) is 18.6 Å². The van der Waals surface area contributed by atoms with E-state index in [9.17, 15) is 9.59 Å². The molecule has 0 radical (unpaired) electrons. The fourth-order valence-electron chi connectivity index (χ4n) is 2.64. The molecule has 1 aliphatic rings. The Bertz CT molecular complexity index is 537. The van der Waals surface area contributed by atoms with Crippen LogP contribution in [0.5, 0.6) is 5.75 Å². The van der Waals surface area contributed by atoms with Crippen LogP contribution < -0.4 is 21.5 Å². The van der Waals surface area contributed by atoms with Crippen molar-refractivity contribution in [1.82, 2.24) is 5.32 Å². The van der Waals surface area contributed by atoms with Gasteiger partial charge >= 0.3 is 0 Å². The van der Waals surface area contributed by atoms with Crippen molar-refractivity contribution >= 4 is 17.5 Å². The van der Waals surface area contributed by atoms with Crippen LogP contribution in [0.3, 0.4) is 0 Å². The highest BCUT2D eigenvalue weighted by atomic mass is 16.5. The smallest absolute Gasteiger partial charge is 0.255 e. The normalized spacial score (nSPS) is 15.8. The van der Waals surface area contributed by atoms with Gasteiger partial charge in [-0.15, -0.1) is 0 Å². The summed E-state index contributed by atoms with van der Waals surface area (Å²) in [5.41, 5.74) is 11.7. The van der Waals surface area contributed by atoms with Crippen molar-refractivity contribution in [2.45, 2.75) is 44.6 Å². The Morgan fingerprint density at radius 3 is 2.50 bits per heavy atom. The number of amides is 2. The first-order valence-electron chi connectivity index (χ1n) is 7.68. The van der Waals surface area contributed by atoms with Crippen LogP contribution >= 0.6 is 0 Å². The van der Waals surface area contributed by atoms with Gasteiger partial charge in [0.1, 0.15) is 5.75 Å². The van der Waals surface area contributed by atoms with Crippen molar-refractivity contribution in [3.05, 3.63) is 23.8 Å². The van der Waals surface area contributed by atoms with E-state index >= 15 is 0 Å². The van der Waals surface area contributed by atoms with Crippen molar-refractivity contribution in [2.75, 3.05) is 12.3 Å². The quantitative estimate of drug-likeness (QED) is 0.567. The molecule has 2 amide bonds. The molecule has 1 fully saturated rings. The average Bonchev–Trinajstić information content (AvgIpc) is 2.74. The second-order valence-electron chi connectivity index (χ2n) is 5.67. The van der Waals surface area contributed by atoms with Gasteiger partial charge in [0.15, 0.2) is 6.61 Å². The molecule has 6 nitrogen and oxygen atoms in total. The van der Waals surface area contributed by atoms with E-state index < -0.39 is 5.91 Å². The van der Waals surface area contributed by atoms with E-state index in [1.165, 1.54) is 12.8 Å². The molecule has 0 saturated heterocycles. The summed E-state index contributed by atoms with van der Waals surface area (Å²) in [6, 6.07) is 5.02. The standard InChI is InChI=1S/C16H23N3O3/c17-13-8-7-11(9-14(13)22-10-15(18)20)16(21)19-12-5-3-1-2-4-6-12/h7-9,12H,1-6,10,17H2,(H2,18,20)(H,19,21). The lowest BCUT2D eigenvalue weighted by molar-refractivity contribution is -0.119. The third kappa shape index (κ3) is 4.65. The van der Waals surface area contributed by atoms with Crippen LogP contribution in [0.15, 0.2) is 18.2 Å². The minimum atomic E-state index is -0.590. The van der Waals surface area contributed by atoms with Gasteiger partial charge in [-0.05, 0) is 31.0 Å². The molecular formula is C16H23N3O3. The number of hydrogen-bond acceptors (Lipinski definition) is 4. The molecule has 1 saturated carbocycles. The number of nitrogens with two attached hydrogens (primary N) is 2. The van der Waals surface area contributed by atoms with Crippen LogP contribution in [0.4, 0.5) is 5.69 Å². The van der Waals surface area contributed by atoms with Crippen molar-refractivity contribution in [1.29, 1.82) is 0 Å². The van der Waals surface area contributed by atoms with Crippen LogP contribution in [-0.2, 0) is 4.79 Å². The number of anilines is 1. The third-order valence-corrected chi connectivity index (χ3v) is 3.84. The molecule has 1 aliphatic carbocycles. The van der Waals surface area contributed by atoms with E-state index in [0.29, 0.717) is 17.0 Å². The summed E-state index contributed by atoms with van der Waals surface area (Å²) < 4.78 is 5.22. The van der Waals surface area contributed by atoms with E-state index in [2.05, 4.69) is 5.32 Å². The predicted octanol–water partition coefficient (Wildman–Crippen LogP) is 1.59. The summed E-state index contributed by atoms with van der Waals surface area (Å²) in [6.07, 6.45) is 6.81. The Hall–Kier alpha value is -2.24. The van der Waals surface area contributed by atoms with Gasteiger partial charge < -0.3 is 21.5 Å². The van der Waals surface area contributed by atoms with Crippen molar-refractivity contribution < 1.29 is 14.3 Å². The van der Waals surface area contributed by atoms with Gasteiger partial charge in [-0.1, -0.05) is 25.7 Å². The van der Waals surface area contributed by atoms with Gasteiger partial charge in [-0.25, -0.2) is 0 Å². The molecule has 120 valence electrons. The molecule has 2 rings (SSSR count). The first-order valence-corrected chi connectivity index (χ1v) is 7.68. The molecule has 0 unspecified atom stereocenters. The van der Waals surface area contributed by atoms with Crippen LogP contribution in [0.2, 0.25) is 0 Å². The number of carbonyl (C=O) groups is 2. The van der Waals surface area contributed by atoms with Crippen molar-refractivity contribution in [3.8, 4) is 5.75 Å². The Morgan fingerprint density at radius 2 is 1.86 bits per heavy atom. The molecule has 1 aromatic carbocycles. The molecule has 0 heterocycles. The lowest BCUT2D eigenvalue weighted by Crippen LogP contribution is -2.34. The van der Waals surface area contributed by atoms with E-state index in [0.717, 1.165) is 25.7 Å². The van der Waals surface area contributed by atoms with E-state index in [1.54, 1.807) is 18.2 Å². The maximum absolute atomic E-state index is 12.3. The van der Waals surface area contributed by atoms with E-state index in [1.807, 2.05) is 0 Å². The molecule has 0 spiro atoms. The highest BCUT2D eigenvalue weighted by Crippen LogP contribution is 2.23. The molecule has 0 atom stereocenters. The summed E-state index contributed by atoms with van der Waals surface area (Å²) in [5, 5.41) is 3.06. The zero-order valence-electron chi connectivity index (χ0n) is 12.6. The van der Waals surface area contributed by atoms with E-state index in [4.69, 9.17) is 16.2 Å². The minimum Gasteiger partial charge on any atom is -0.482 e. The number of carbonyl (C=O) groups excluding carboxylic acids is 2. The number of primary amides is 1. The van der Waals surface area contributed by atoms with Gasteiger partial charge in [0.25, 0.3) is 11.8 Å². The fraction of sp³-hybridized carbons (Fsp3) is 0.500. The number of benzene rings is 1. The van der Waals surface area contributed by atoms with Crippen LogP contribution in [-0.4, -0.2) is 24.5 Å². The molecule has 1 aromatic rings. The molecule has 0 bridgehead atoms. The van der Waals surface area contributed by atoms with Gasteiger partial charge in [-0.2, -0.15) is 0 Å². The molecule has 5 N–H and O–H groups in total. The molecule has 0 aromatic heterocycles. The first kappa shape index (κ1) is 16.1. The maximum atomic E-state index is 12.3. The zero-order valence-corrected chi connectivity index (χ0v) is 12.6. The molecular weight excluding hydrogens is 282 g/mol. The summed E-state index contributed by atoms with van der Waals surface area (Å²) in [6.45, 7) is -0.266. The SMILES string of the molecule is NC(=O)COc1cc(C(=O)NC2CCCCCC2)ccc1N. The number of ether oxygens (including phenoxy) is 1. The Balaban J connectivity index is 2.02. The van der Waals surface area contributed by atoms with Crippen molar-refractivity contribution in [2.24, 2.45) is 5.73 Å². The number of rotatable bonds is 5. The average molecular weight is 305 g/mol. The largest absolute Gasteiger partial charge is 0.482 e. The lowest BCUT2D eigenvalue weighted by Gasteiger charge is -2.17. The monoisotopic (exact) mass is 305 g/mol. The van der Waals surface area contributed by atoms with Gasteiger partial charge in [0.2, 0.25) is 0 Å². The Labute approximate surface area is 130 Å². The van der Waals surface area contributed by atoms with Gasteiger partial charge in [0.05, 0.1) is 5.69 Å². The van der Waals surface area contributed by atoms with Gasteiger partial charge in [-0.3, -0.25) is 9.59 Å². The molecule has 0 aliphatic heterocycles. The number of hydrogen-bond donors (Lipinski definition) is 3. The molecule has 6 heteroatoms. The number of nitrogen functional groups attached to an aromatic ring is 1. The molecule has 22 heavy (non-hydrogen) atoms. The maximum Gasteiger partial charge on any atom is 0.255 e. The van der Waals surface area contributed by atoms with Crippen LogP contribution in [0, 0.1) is 0 Å². The Morgan fingerprint density at radius 1 is 1.18 bits per heavy atom. The number of nitrogens with one attached hydrogen (secondary N) is 1. The summed E-state index contributed by atoms with van der Waals surface area (Å²) in [4.78, 5) is 23.1. The summed E-state index contributed by atoms with van der Waals surface area (Å²) in [5.74, 6) is -0.434. The lowest BCUT2D eigenvalue weighted by atomic mass is 10.1. The summed E-state index contributed by atoms with van der Waals surface area (Å²) in [7, 11) is 0.